The maximum Gasteiger partial charge on any atom is 0.224 e. The summed E-state index contributed by atoms with van der Waals surface area (Å²) in [6.45, 7) is 2.03. The summed E-state index contributed by atoms with van der Waals surface area (Å²) in [6.07, 6.45) is 4.92. The fourth-order valence-corrected chi connectivity index (χ4v) is 0.523. The molecule has 0 aromatic rings. The van der Waals surface area contributed by atoms with E-state index in [1.165, 1.54) is 0 Å². The molecule has 0 aliphatic rings. The van der Waals surface area contributed by atoms with Gasteiger partial charge in [0, 0.05) is 11.8 Å². The standard InChI is InChI=1S/C7H10ClNO/c1-3-4-9-7(10)6(2)5-8/h1,6H,4-5H2,2H3,(H,9,10). The summed E-state index contributed by atoms with van der Waals surface area (Å²) < 4.78 is 0. The minimum absolute atomic E-state index is 0.0899. The van der Waals surface area contributed by atoms with E-state index in [9.17, 15) is 4.79 Å². The van der Waals surface area contributed by atoms with Crippen LogP contribution in [0, 0.1) is 18.3 Å². The number of hydrogen-bond donors (Lipinski definition) is 1. The Morgan fingerprint density at radius 3 is 2.90 bits per heavy atom. The van der Waals surface area contributed by atoms with Gasteiger partial charge < -0.3 is 5.32 Å². The van der Waals surface area contributed by atoms with E-state index in [2.05, 4.69) is 11.2 Å². The molecule has 0 saturated heterocycles. The Morgan fingerprint density at radius 2 is 2.50 bits per heavy atom. The van der Waals surface area contributed by atoms with Crippen molar-refractivity contribution < 1.29 is 4.79 Å². The number of rotatable bonds is 3. The predicted molar refractivity (Wildman–Crippen MR) is 41.7 cm³/mol. The van der Waals surface area contributed by atoms with Crippen molar-refractivity contribution in [2.75, 3.05) is 12.4 Å². The number of alkyl halides is 1. The summed E-state index contributed by atoms with van der Waals surface area (Å²) in [5.41, 5.74) is 0. The van der Waals surface area contributed by atoms with Gasteiger partial charge in [-0.2, -0.15) is 0 Å². The van der Waals surface area contributed by atoms with Gasteiger partial charge in [0.2, 0.25) is 5.91 Å². The molecule has 0 fully saturated rings. The molecule has 0 spiro atoms. The highest BCUT2D eigenvalue weighted by Gasteiger charge is 2.08. The molecule has 0 aliphatic carbocycles. The maximum atomic E-state index is 10.8. The summed E-state index contributed by atoms with van der Waals surface area (Å²) in [5, 5.41) is 2.52. The third kappa shape index (κ3) is 3.37. The van der Waals surface area contributed by atoms with E-state index < -0.39 is 0 Å². The van der Waals surface area contributed by atoms with Gasteiger partial charge in [0.1, 0.15) is 0 Å². The molecule has 1 amide bonds. The highest BCUT2D eigenvalue weighted by molar-refractivity contribution is 6.19. The molecule has 0 aliphatic heterocycles. The zero-order valence-corrected chi connectivity index (χ0v) is 6.61. The third-order valence-electron chi connectivity index (χ3n) is 1.04. The van der Waals surface area contributed by atoms with E-state index in [0.29, 0.717) is 5.88 Å². The Morgan fingerprint density at radius 1 is 1.90 bits per heavy atom. The minimum atomic E-state index is -0.157. The Kier molecular flexibility index (Phi) is 4.78. The number of nitrogens with one attached hydrogen (secondary N) is 1. The van der Waals surface area contributed by atoms with Crippen LogP contribution in [0.4, 0.5) is 0 Å². The molecule has 2 nitrogen and oxygen atoms in total. The lowest BCUT2D eigenvalue weighted by Gasteiger charge is -2.05. The molecule has 1 N–H and O–H groups in total. The molecule has 0 radical (unpaired) electrons. The van der Waals surface area contributed by atoms with E-state index in [4.69, 9.17) is 18.0 Å². The molecule has 0 aromatic heterocycles. The molecular formula is C7H10ClNO. The van der Waals surface area contributed by atoms with Gasteiger partial charge in [-0.25, -0.2) is 0 Å². The summed E-state index contributed by atoms with van der Waals surface area (Å²) in [6, 6.07) is 0. The largest absolute Gasteiger partial charge is 0.345 e. The SMILES string of the molecule is C#CCNC(=O)C(C)CCl. The van der Waals surface area contributed by atoms with Crippen molar-refractivity contribution in [2.45, 2.75) is 6.92 Å². The van der Waals surface area contributed by atoms with Crippen LogP contribution in [0.2, 0.25) is 0 Å². The lowest BCUT2D eigenvalue weighted by molar-refractivity contribution is -0.123. The molecule has 0 heterocycles. The van der Waals surface area contributed by atoms with Crippen LogP contribution in [0.1, 0.15) is 6.92 Å². The second-order valence-corrected chi connectivity index (χ2v) is 2.29. The number of terminal acetylenes is 1. The van der Waals surface area contributed by atoms with Gasteiger partial charge in [-0.05, 0) is 0 Å². The van der Waals surface area contributed by atoms with E-state index >= 15 is 0 Å². The second kappa shape index (κ2) is 5.13. The number of carbonyl (C=O) groups is 1. The first-order valence-corrected chi connectivity index (χ1v) is 3.53. The van der Waals surface area contributed by atoms with E-state index in [1.807, 2.05) is 0 Å². The van der Waals surface area contributed by atoms with Gasteiger partial charge in [-0.15, -0.1) is 18.0 Å². The van der Waals surface area contributed by atoms with Crippen LogP contribution >= 0.6 is 11.6 Å². The van der Waals surface area contributed by atoms with Gasteiger partial charge in [-0.3, -0.25) is 4.79 Å². The normalized spacial score (nSPS) is 11.7. The van der Waals surface area contributed by atoms with Crippen LogP contribution in [0.5, 0.6) is 0 Å². The number of hydrogen-bond acceptors (Lipinski definition) is 1. The first kappa shape index (κ1) is 9.32. The van der Waals surface area contributed by atoms with Gasteiger partial charge >= 0.3 is 0 Å². The van der Waals surface area contributed by atoms with Crippen molar-refractivity contribution in [3.8, 4) is 12.3 Å². The summed E-state index contributed by atoms with van der Waals surface area (Å²) in [7, 11) is 0. The van der Waals surface area contributed by atoms with Crippen molar-refractivity contribution >= 4 is 17.5 Å². The first-order chi connectivity index (χ1) is 4.72. The number of halogens is 1. The Hall–Kier alpha value is -0.680. The van der Waals surface area contributed by atoms with Crippen LogP contribution in [-0.4, -0.2) is 18.3 Å². The average molecular weight is 160 g/mol. The second-order valence-electron chi connectivity index (χ2n) is 1.98. The van der Waals surface area contributed by atoms with Crippen molar-refractivity contribution in [1.29, 1.82) is 0 Å². The zero-order valence-electron chi connectivity index (χ0n) is 5.86. The van der Waals surface area contributed by atoms with Gasteiger partial charge in [-0.1, -0.05) is 12.8 Å². The molecule has 0 bridgehead atoms. The molecule has 56 valence electrons. The number of amides is 1. The Bertz CT molecular complexity index is 150. The van der Waals surface area contributed by atoms with Crippen LogP contribution < -0.4 is 5.32 Å². The van der Waals surface area contributed by atoms with Crippen LogP contribution in [-0.2, 0) is 4.79 Å². The van der Waals surface area contributed by atoms with E-state index in [1.54, 1.807) is 6.92 Å². The van der Waals surface area contributed by atoms with Crippen molar-refractivity contribution in [3.63, 3.8) is 0 Å². The third-order valence-corrected chi connectivity index (χ3v) is 1.51. The first-order valence-electron chi connectivity index (χ1n) is 2.99. The van der Waals surface area contributed by atoms with Gasteiger partial charge in [0.25, 0.3) is 0 Å². The number of carbonyl (C=O) groups excluding carboxylic acids is 1. The predicted octanol–water partition coefficient (Wildman–Crippen LogP) is 0.611. The minimum Gasteiger partial charge on any atom is -0.345 e. The van der Waals surface area contributed by atoms with Crippen molar-refractivity contribution in [3.05, 3.63) is 0 Å². The molecule has 1 atom stereocenters. The summed E-state index contributed by atoms with van der Waals surface area (Å²) >= 11 is 5.41. The van der Waals surface area contributed by atoms with Crippen LogP contribution in [0.25, 0.3) is 0 Å². The fraction of sp³-hybridized carbons (Fsp3) is 0.571. The molecule has 0 aromatic carbocycles. The topological polar surface area (TPSA) is 29.1 Å². The quantitative estimate of drug-likeness (QED) is 0.475. The van der Waals surface area contributed by atoms with Gasteiger partial charge in [0.15, 0.2) is 0 Å². The Balaban J connectivity index is 3.54. The van der Waals surface area contributed by atoms with E-state index in [-0.39, 0.29) is 18.4 Å². The summed E-state index contributed by atoms with van der Waals surface area (Å²) in [4.78, 5) is 10.8. The zero-order chi connectivity index (χ0) is 7.98. The van der Waals surface area contributed by atoms with Crippen molar-refractivity contribution in [2.24, 2.45) is 5.92 Å². The smallest absolute Gasteiger partial charge is 0.224 e. The lowest BCUT2D eigenvalue weighted by Crippen LogP contribution is -2.30. The van der Waals surface area contributed by atoms with Crippen LogP contribution in [0.15, 0.2) is 0 Å². The average Bonchev–Trinajstić information content (AvgIpc) is 1.98. The monoisotopic (exact) mass is 159 g/mol. The molecule has 3 heteroatoms. The highest BCUT2D eigenvalue weighted by Crippen LogP contribution is 1.96. The molecule has 0 rings (SSSR count). The molecular weight excluding hydrogens is 150 g/mol. The molecule has 0 saturated carbocycles. The Labute approximate surface area is 65.9 Å². The molecule has 1 unspecified atom stereocenters. The van der Waals surface area contributed by atoms with Crippen LogP contribution in [0.3, 0.4) is 0 Å². The highest BCUT2D eigenvalue weighted by atomic mass is 35.5. The van der Waals surface area contributed by atoms with E-state index in [0.717, 1.165) is 0 Å². The summed E-state index contributed by atoms with van der Waals surface area (Å²) in [5.74, 6) is 2.39. The maximum absolute atomic E-state index is 10.8. The fourth-order valence-electron chi connectivity index (χ4n) is 0.382. The van der Waals surface area contributed by atoms with Gasteiger partial charge in [0.05, 0.1) is 6.54 Å². The van der Waals surface area contributed by atoms with Crippen molar-refractivity contribution in [1.82, 2.24) is 5.32 Å². The lowest BCUT2D eigenvalue weighted by atomic mass is 10.2. The molecule has 10 heavy (non-hydrogen) atoms.